The van der Waals surface area contributed by atoms with Gasteiger partial charge in [-0.1, -0.05) is 56.3 Å². The standard InChI is InChI=1S/C16H15ClN2OS/c1-16(2,3)13-9-21-15(19-13)11(8-18)14(20)10-6-4-5-7-12(10)17/h4-7,9,19H,1-3H3/b15-11+. The molecule has 108 valence electrons. The van der Waals surface area contributed by atoms with Crippen molar-refractivity contribution in [1.29, 1.82) is 5.26 Å². The fraction of sp³-hybridized carbons (Fsp3) is 0.250. The number of thioether (sulfide) groups is 1. The van der Waals surface area contributed by atoms with E-state index in [9.17, 15) is 10.1 Å². The van der Waals surface area contributed by atoms with Gasteiger partial charge in [-0.05, 0) is 17.5 Å². The second-order valence-corrected chi connectivity index (χ2v) is 6.94. The first kappa shape index (κ1) is 15.7. The van der Waals surface area contributed by atoms with Crippen LogP contribution in [0.1, 0.15) is 31.1 Å². The van der Waals surface area contributed by atoms with Gasteiger partial charge < -0.3 is 5.32 Å². The van der Waals surface area contributed by atoms with Crippen molar-refractivity contribution >= 4 is 29.1 Å². The zero-order chi connectivity index (χ0) is 15.6. The summed E-state index contributed by atoms with van der Waals surface area (Å²) in [5, 5.41) is 15.4. The van der Waals surface area contributed by atoms with Gasteiger partial charge in [0.15, 0.2) is 0 Å². The van der Waals surface area contributed by atoms with Gasteiger partial charge in [-0.2, -0.15) is 5.26 Å². The SMILES string of the molecule is CC(C)(C)C1=CS/C(=C(\C#N)C(=O)c2ccccc2Cl)N1. The molecule has 3 nitrogen and oxygen atoms in total. The molecule has 0 fully saturated rings. The zero-order valence-corrected chi connectivity index (χ0v) is 13.6. The Hall–Kier alpha value is -1.70. The van der Waals surface area contributed by atoms with Crippen LogP contribution >= 0.6 is 23.4 Å². The topological polar surface area (TPSA) is 52.9 Å². The van der Waals surface area contributed by atoms with E-state index in [0.717, 1.165) is 5.70 Å². The number of benzene rings is 1. The quantitative estimate of drug-likeness (QED) is 0.496. The number of ketones is 1. The fourth-order valence-corrected chi connectivity index (χ4v) is 3.06. The van der Waals surface area contributed by atoms with Crippen molar-refractivity contribution in [2.24, 2.45) is 5.41 Å². The highest BCUT2D eigenvalue weighted by Crippen LogP contribution is 2.36. The minimum absolute atomic E-state index is 0.0667. The van der Waals surface area contributed by atoms with E-state index in [1.165, 1.54) is 11.8 Å². The molecule has 1 aliphatic rings. The van der Waals surface area contributed by atoms with Gasteiger partial charge in [0.25, 0.3) is 0 Å². The summed E-state index contributed by atoms with van der Waals surface area (Å²) in [6.45, 7) is 6.20. The van der Waals surface area contributed by atoms with Crippen molar-refractivity contribution in [1.82, 2.24) is 5.32 Å². The number of hydrogen-bond acceptors (Lipinski definition) is 4. The molecule has 0 aromatic heterocycles. The summed E-state index contributed by atoms with van der Waals surface area (Å²) in [4.78, 5) is 12.5. The van der Waals surface area contributed by atoms with Crippen LogP contribution in [0, 0.1) is 16.7 Å². The Morgan fingerprint density at radius 1 is 1.33 bits per heavy atom. The number of carbonyl (C=O) groups is 1. The minimum Gasteiger partial charge on any atom is -0.351 e. The third-order valence-corrected chi connectivity index (χ3v) is 4.26. The molecule has 0 spiro atoms. The second kappa shape index (κ2) is 5.97. The summed E-state index contributed by atoms with van der Waals surface area (Å²) in [6, 6.07) is 8.74. The average Bonchev–Trinajstić information content (AvgIpc) is 2.89. The lowest BCUT2D eigenvalue weighted by atomic mass is 9.93. The summed E-state index contributed by atoms with van der Waals surface area (Å²) in [6.07, 6.45) is 0. The molecule has 1 heterocycles. The summed E-state index contributed by atoms with van der Waals surface area (Å²) < 4.78 is 0. The molecule has 1 aromatic carbocycles. The maximum atomic E-state index is 12.5. The molecule has 0 unspecified atom stereocenters. The second-order valence-electron chi connectivity index (χ2n) is 5.65. The van der Waals surface area contributed by atoms with Gasteiger partial charge >= 0.3 is 0 Å². The largest absolute Gasteiger partial charge is 0.351 e. The van der Waals surface area contributed by atoms with Gasteiger partial charge in [0.2, 0.25) is 5.78 Å². The highest BCUT2D eigenvalue weighted by molar-refractivity contribution is 8.06. The van der Waals surface area contributed by atoms with Crippen LogP contribution in [0.4, 0.5) is 0 Å². The maximum absolute atomic E-state index is 12.5. The van der Waals surface area contributed by atoms with E-state index < -0.39 is 0 Å². The van der Waals surface area contributed by atoms with Gasteiger partial charge in [-0.15, -0.1) is 0 Å². The van der Waals surface area contributed by atoms with Crippen LogP contribution in [0.15, 0.2) is 46.0 Å². The Morgan fingerprint density at radius 3 is 2.52 bits per heavy atom. The zero-order valence-electron chi connectivity index (χ0n) is 12.0. The van der Waals surface area contributed by atoms with E-state index in [0.29, 0.717) is 15.6 Å². The number of nitriles is 1. The van der Waals surface area contributed by atoms with Gasteiger partial charge in [0.05, 0.1) is 10.1 Å². The fourth-order valence-electron chi connectivity index (χ4n) is 1.77. The van der Waals surface area contributed by atoms with Crippen molar-refractivity contribution in [2.75, 3.05) is 0 Å². The molecule has 0 saturated heterocycles. The van der Waals surface area contributed by atoms with Crippen molar-refractivity contribution in [3.05, 3.63) is 56.6 Å². The summed E-state index contributed by atoms with van der Waals surface area (Å²) in [5.74, 6) is -0.360. The van der Waals surface area contributed by atoms with E-state index in [4.69, 9.17) is 11.6 Å². The third-order valence-electron chi connectivity index (χ3n) is 3.04. The number of hydrogen-bond donors (Lipinski definition) is 1. The molecule has 2 rings (SSSR count). The highest BCUT2D eigenvalue weighted by Gasteiger charge is 2.27. The first-order chi connectivity index (χ1) is 9.84. The number of nitrogens with zero attached hydrogens (tertiary/aromatic N) is 1. The molecule has 5 heteroatoms. The number of allylic oxidation sites excluding steroid dienone is 2. The van der Waals surface area contributed by atoms with Crippen molar-refractivity contribution in [2.45, 2.75) is 20.8 Å². The molecule has 1 aromatic rings. The van der Waals surface area contributed by atoms with Gasteiger partial charge in [-0.3, -0.25) is 4.79 Å². The van der Waals surface area contributed by atoms with Crippen LogP contribution in [0.2, 0.25) is 5.02 Å². The van der Waals surface area contributed by atoms with Crippen LogP contribution < -0.4 is 5.32 Å². The first-order valence-corrected chi connectivity index (χ1v) is 7.68. The molecular weight excluding hydrogens is 304 g/mol. The summed E-state index contributed by atoms with van der Waals surface area (Å²) in [5.41, 5.74) is 1.35. The van der Waals surface area contributed by atoms with Crippen molar-refractivity contribution in [3.8, 4) is 6.07 Å². The Kier molecular flexibility index (Phi) is 4.46. The van der Waals surface area contributed by atoms with E-state index in [1.54, 1.807) is 24.3 Å². The van der Waals surface area contributed by atoms with Crippen LogP contribution in [0.3, 0.4) is 0 Å². The molecule has 0 bridgehead atoms. The molecule has 0 aliphatic carbocycles. The Labute approximate surface area is 133 Å². The number of rotatable bonds is 2. The summed E-state index contributed by atoms with van der Waals surface area (Å²) in [7, 11) is 0. The Bertz CT molecular complexity index is 693. The molecule has 0 atom stereocenters. The molecule has 21 heavy (non-hydrogen) atoms. The average molecular weight is 319 g/mol. The number of Topliss-reactive ketones (excluding diaryl/α,β-unsaturated/α-hetero) is 1. The highest BCUT2D eigenvalue weighted by atomic mass is 35.5. The lowest BCUT2D eigenvalue weighted by Crippen LogP contribution is -2.21. The van der Waals surface area contributed by atoms with Gasteiger partial charge in [0, 0.05) is 16.7 Å². The molecular formula is C16H15ClN2OS. The van der Waals surface area contributed by atoms with Crippen LogP contribution in [0.5, 0.6) is 0 Å². The van der Waals surface area contributed by atoms with E-state index >= 15 is 0 Å². The van der Waals surface area contributed by atoms with Crippen LogP contribution in [0.25, 0.3) is 0 Å². The lowest BCUT2D eigenvalue weighted by Gasteiger charge is -2.20. The number of carbonyl (C=O) groups excluding carboxylic acids is 1. The van der Waals surface area contributed by atoms with Crippen LogP contribution in [-0.4, -0.2) is 5.78 Å². The maximum Gasteiger partial charge on any atom is 0.207 e. The van der Waals surface area contributed by atoms with Crippen LogP contribution in [-0.2, 0) is 0 Å². The lowest BCUT2D eigenvalue weighted by molar-refractivity contribution is 0.103. The molecule has 0 saturated carbocycles. The predicted molar refractivity (Wildman–Crippen MR) is 86.7 cm³/mol. The molecule has 0 amide bonds. The van der Waals surface area contributed by atoms with Crippen molar-refractivity contribution in [3.63, 3.8) is 0 Å². The first-order valence-electron chi connectivity index (χ1n) is 6.42. The molecule has 0 radical (unpaired) electrons. The predicted octanol–water partition coefficient (Wildman–Crippen LogP) is 4.48. The summed E-state index contributed by atoms with van der Waals surface area (Å²) >= 11 is 7.39. The molecule has 1 N–H and O–H groups in total. The van der Waals surface area contributed by atoms with Crippen molar-refractivity contribution < 1.29 is 4.79 Å². The minimum atomic E-state index is -0.360. The van der Waals surface area contributed by atoms with Gasteiger partial charge in [0.1, 0.15) is 11.6 Å². The van der Waals surface area contributed by atoms with Gasteiger partial charge in [-0.25, -0.2) is 0 Å². The monoisotopic (exact) mass is 318 g/mol. The number of nitrogens with one attached hydrogen (secondary N) is 1. The molecule has 1 aliphatic heterocycles. The Balaban J connectivity index is 2.35. The Morgan fingerprint density at radius 2 is 2.00 bits per heavy atom. The third kappa shape index (κ3) is 3.31. The normalized spacial score (nSPS) is 16.8. The van der Waals surface area contributed by atoms with E-state index in [1.807, 2.05) is 11.5 Å². The number of halogens is 1. The van der Waals surface area contributed by atoms with E-state index in [2.05, 4.69) is 26.1 Å². The van der Waals surface area contributed by atoms with E-state index in [-0.39, 0.29) is 16.8 Å². The smallest absolute Gasteiger partial charge is 0.207 e.